The molecule has 0 aliphatic heterocycles. The minimum atomic E-state index is -3.68. The van der Waals surface area contributed by atoms with Gasteiger partial charge < -0.3 is 10.1 Å². The van der Waals surface area contributed by atoms with Crippen LogP contribution in [0, 0.1) is 5.92 Å². The lowest BCUT2D eigenvalue weighted by atomic mass is 9.99. The van der Waals surface area contributed by atoms with Crippen LogP contribution in [0.1, 0.15) is 37.7 Å². The second-order valence-electron chi connectivity index (χ2n) is 5.99. The Morgan fingerprint density at radius 1 is 1.26 bits per heavy atom. The van der Waals surface area contributed by atoms with Gasteiger partial charge in [-0.05, 0) is 17.9 Å². The van der Waals surface area contributed by atoms with E-state index in [4.69, 9.17) is 15.4 Å². The average Bonchev–Trinajstić information content (AvgIpc) is 2.97. The third kappa shape index (κ3) is 7.22. The molecule has 128 valence electrons. The molecule has 0 heterocycles. The van der Waals surface area contributed by atoms with Crippen LogP contribution in [0.3, 0.4) is 0 Å². The van der Waals surface area contributed by atoms with E-state index in [2.05, 4.69) is 5.32 Å². The molecule has 1 aliphatic rings. The first-order chi connectivity index (χ1) is 10.9. The molecule has 0 aromatic heterocycles. The summed E-state index contributed by atoms with van der Waals surface area (Å²) in [6, 6.07) is 8.80. The van der Waals surface area contributed by atoms with Crippen LogP contribution >= 0.6 is 10.7 Å². The minimum absolute atomic E-state index is 0.149. The van der Waals surface area contributed by atoms with E-state index in [-0.39, 0.29) is 12.4 Å². The van der Waals surface area contributed by atoms with Crippen molar-refractivity contribution in [1.82, 2.24) is 5.32 Å². The maximum atomic E-state index is 11.9. The van der Waals surface area contributed by atoms with Gasteiger partial charge in [-0.25, -0.2) is 13.2 Å². The Morgan fingerprint density at radius 3 is 2.52 bits per heavy atom. The number of hydrogen-bond acceptors (Lipinski definition) is 4. The van der Waals surface area contributed by atoms with E-state index in [1.807, 2.05) is 30.3 Å². The molecule has 23 heavy (non-hydrogen) atoms. The highest BCUT2D eigenvalue weighted by atomic mass is 35.7. The number of hydrogen-bond donors (Lipinski definition) is 1. The molecule has 7 heteroatoms. The number of alkyl carbamates (subject to hydrolysis) is 1. The van der Waals surface area contributed by atoms with Crippen LogP contribution in [0.15, 0.2) is 30.3 Å². The summed E-state index contributed by atoms with van der Waals surface area (Å²) in [6.07, 6.45) is 4.45. The number of carbonyl (C=O) groups excluding carboxylic acids is 1. The van der Waals surface area contributed by atoms with Crippen LogP contribution in [0.4, 0.5) is 4.79 Å². The number of amides is 1. The van der Waals surface area contributed by atoms with Gasteiger partial charge in [-0.3, -0.25) is 0 Å². The highest BCUT2D eigenvalue weighted by Gasteiger charge is 2.25. The summed E-state index contributed by atoms with van der Waals surface area (Å²) in [4.78, 5) is 11.9. The van der Waals surface area contributed by atoms with Crippen molar-refractivity contribution in [2.75, 3.05) is 5.75 Å². The van der Waals surface area contributed by atoms with Crippen LogP contribution in [0.5, 0.6) is 0 Å². The number of halogens is 1. The summed E-state index contributed by atoms with van der Waals surface area (Å²) in [5.41, 5.74) is 0.875. The molecule has 1 unspecified atom stereocenters. The van der Waals surface area contributed by atoms with Crippen molar-refractivity contribution in [2.45, 2.75) is 44.8 Å². The van der Waals surface area contributed by atoms with Gasteiger partial charge in [-0.1, -0.05) is 56.0 Å². The lowest BCUT2D eigenvalue weighted by molar-refractivity contribution is 0.135. The molecule has 0 bridgehead atoms. The predicted octanol–water partition coefficient (Wildman–Crippen LogP) is 3.43. The van der Waals surface area contributed by atoms with Crippen molar-refractivity contribution in [1.29, 1.82) is 0 Å². The Balaban J connectivity index is 1.86. The summed E-state index contributed by atoms with van der Waals surface area (Å²) >= 11 is 0. The Morgan fingerprint density at radius 2 is 1.91 bits per heavy atom. The average molecular weight is 360 g/mol. The van der Waals surface area contributed by atoms with Gasteiger partial charge in [-0.2, -0.15) is 0 Å². The largest absolute Gasteiger partial charge is 0.445 e. The molecule has 0 saturated heterocycles. The van der Waals surface area contributed by atoms with Crippen LogP contribution < -0.4 is 5.32 Å². The fraction of sp³-hybridized carbons (Fsp3) is 0.562. The fourth-order valence-corrected chi connectivity index (χ4v) is 4.15. The summed E-state index contributed by atoms with van der Waals surface area (Å²) in [5, 5.41) is 2.65. The lowest BCUT2D eigenvalue weighted by Crippen LogP contribution is -2.40. The van der Waals surface area contributed by atoms with Gasteiger partial charge in [0.1, 0.15) is 6.61 Å². The van der Waals surface area contributed by atoms with Gasteiger partial charge in [0.05, 0.1) is 5.75 Å². The molecule has 1 aromatic rings. The van der Waals surface area contributed by atoms with E-state index in [9.17, 15) is 13.2 Å². The smallest absolute Gasteiger partial charge is 0.407 e. The molecule has 1 atom stereocenters. The molecule has 5 nitrogen and oxygen atoms in total. The first kappa shape index (κ1) is 18.1. The molecule has 0 radical (unpaired) electrons. The van der Waals surface area contributed by atoms with Crippen molar-refractivity contribution < 1.29 is 17.9 Å². The SMILES string of the molecule is O=C(NC(CC1CCCC1)CS(=O)(=O)Cl)OCc1ccccc1. The Kier molecular flexibility index (Phi) is 6.72. The molecule has 1 aromatic carbocycles. The molecule has 0 spiro atoms. The molecule has 1 saturated carbocycles. The lowest BCUT2D eigenvalue weighted by Gasteiger charge is -2.20. The van der Waals surface area contributed by atoms with E-state index < -0.39 is 21.2 Å². The monoisotopic (exact) mass is 359 g/mol. The third-order valence-corrected chi connectivity index (χ3v) is 5.21. The third-order valence-electron chi connectivity index (χ3n) is 4.03. The number of ether oxygens (including phenoxy) is 1. The highest BCUT2D eigenvalue weighted by Crippen LogP contribution is 2.29. The zero-order valence-electron chi connectivity index (χ0n) is 12.9. The Bertz CT molecular complexity index is 600. The minimum Gasteiger partial charge on any atom is -0.445 e. The van der Waals surface area contributed by atoms with E-state index in [1.165, 1.54) is 0 Å². The number of benzene rings is 1. The van der Waals surface area contributed by atoms with Crippen LogP contribution in [0.2, 0.25) is 0 Å². The van der Waals surface area contributed by atoms with Crippen molar-refractivity contribution >= 4 is 25.8 Å². The van der Waals surface area contributed by atoms with Crippen molar-refractivity contribution in [2.24, 2.45) is 5.92 Å². The molecule has 1 N–H and O–H groups in total. The Hall–Kier alpha value is -1.27. The van der Waals surface area contributed by atoms with Gasteiger partial charge in [-0.15, -0.1) is 0 Å². The summed E-state index contributed by atoms with van der Waals surface area (Å²) < 4.78 is 27.8. The van der Waals surface area contributed by atoms with Crippen molar-refractivity contribution in [3.05, 3.63) is 35.9 Å². The number of carbonyl (C=O) groups is 1. The second-order valence-corrected chi connectivity index (χ2v) is 8.82. The first-order valence-corrected chi connectivity index (χ1v) is 10.3. The number of rotatable bonds is 7. The van der Waals surface area contributed by atoms with Gasteiger partial charge >= 0.3 is 6.09 Å². The van der Waals surface area contributed by atoms with Crippen LogP contribution in [0.25, 0.3) is 0 Å². The zero-order valence-corrected chi connectivity index (χ0v) is 14.5. The Labute approximate surface area is 141 Å². The van der Waals surface area contributed by atoms with E-state index in [0.717, 1.165) is 31.2 Å². The van der Waals surface area contributed by atoms with Crippen molar-refractivity contribution in [3.8, 4) is 0 Å². The van der Waals surface area contributed by atoms with Gasteiger partial charge in [0.15, 0.2) is 0 Å². The van der Waals surface area contributed by atoms with E-state index in [0.29, 0.717) is 12.3 Å². The quantitative estimate of drug-likeness (QED) is 0.757. The van der Waals surface area contributed by atoms with E-state index >= 15 is 0 Å². The molecular weight excluding hydrogens is 338 g/mol. The van der Waals surface area contributed by atoms with Crippen LogP contribution in [-0.2, 0) is 20.4 Å². The van der Waals surface area contributed by atoms with Gasteiger partial charge in [0, 0.05) is 16.7 Å². The summed E-state index contributed by atoms with van der Waals surface area (Å²) in [5.74, 6) is 0.165. The summed E-state index contributed by atoms with van der Waals surface area (Å²) in [7, 11) is 1.67. The zero-order chi connectivity index (χ0) is 16.7. The molecule has 1 fully saturated rings. The maximum absolute atomic E-state index is 11.9. The molecular formula is C16H22ClNO4S. The van der Waals surface area contributed by atoms with Crippen molar-refractivity contribution in [3.63, 3.8) is 0 Å². The second kappa shape index (κ2) is 8.55. The standard InChI is InChI=1S/C16H22ClNO4S/c17-23(20,21)12-15(10-13-6-4-5-7-13)18-16(19)22-11-14-8-2-1-3-9-14/h1-3,8-9,13,15H,4-7,10-12H2,(H,18,19). The topological polar surface area (TPSA) is 72.5 Å². The normalized spacial score (nSPS) is 16.9. The van der Waals surface area contributed by atoms with Gasteiger partial charge in [0.25, 0.3) is 0 Å². The molecule has 1 aliphatic carbocycles. The molecule has 2 rings (SSSR count). The van der Waals surface area contributed by atoms with Gasteiger partial charge in [0.2, 0.25) is 9.05 Å². The predicted molar refractivity (Wildman–Crippen MR) is 89.8 cm³/mol. The summed E-state index contributed by atoms with van der Waals surface area (Å²) in [6.45, 7) is 0.149. The van der Waals surface area contributed by atoms with E-state index in [1.54, 1.807) is 0 Å². The first-order valence-electron chi connectivity index (χ1n) is 7.82. The van der Waals surface area contributed by atoms with Crippen LogP contribution in [-0.4, -0.2) is 26.3 Å². The molecule has 1 amide bonds. The fourth-order valence-electron chi connectivity index (χ4n) is 2.99. The number of nitrogens with one attached hydrogen (secondary N) is 1. The highest BCUT2D eigenvalue weighted by molar-refractivity contribution is 8.13. The maximum Gasteiger partial charge on any atom is 0.407 e.